The van der Waals surface area contributed by atoms with Gasteiger partial charge < -0.3 is 5.32 Å². The third-order valence-electron chi connectivity index (χ3n) is 2.03. The van der Waals surface area contributed by atoms with Gasteiger partial charge in [-0.2, -0.15) is 0 Å². The van der Waals surface area contributed by atoms with Crippen LogP contribution in [-0.2, 0) is 6.42 Å². The molecule has 0 aliphatic carbocycles. The maximum absolute atomic E-state index is 5.79. The molecule has 0 aromatic heterocycles. The van der Waals surface area contributed by atoms with E-state index in [1.54, 1.807) is 0 Å². The molecule has 0 amide bonds. The first-order chi connectivity index (χ1) is 6.83. The molecule has 0 bridgehead atoms. The number of halogens is 1. The van der Waals surface area contributed by atoms with Gasteiger partial charge in [0.1, 0.15) is 0 Å². The smallest absolute Gasteiger partial charge is 0.0406 e. The van der Waals surface area contributed by atoms with Crippen molar-refractivity contribution in [3.63, 3.8) is 0 Å². The molecule has 0 atom stereocenters. The number of hydrogen-bond donors (Lipinski definition) is 1. The predicted molar refractivity (Wildman–Crippen MR) is 62.8 cm³/mol. The summed E-state index contributed by atoms with van der Waals surface area (Å²) >= 11 is 5.79. The Bertz CT molecular complexity index is 266. The maximum Gasteiger partial charge on any atom is 0.0406 e. The summed E-state index contributed by atoms with van der Waals surface area (Å²) in [7, 11) is 0. The monoisotopic (exact) mass is 209 g/mol. The lowest BCUT2D eigenvalue weighted by atomic mass is 10.1. The van der Waals surface area contributed by atoms with E-state index in [1.807, 2.05) is 18.2 Å². The largest absolute Gasteiger partial charge is 0.316 e. The van der Waals surface area contributed by atoms with Gasteiger partial charge in [-0.1, -0.05) is 29.8 Å². The van der Waals surface area contributed by atoms with E-state index >= 15 is 0 Å². The minimum Gasteiger partial charge on any atom is -0.316 e. The molecule has 0 saturated carbocycles. The van der Waals surface area contributed by atoms with E-state index in [2.05, 4.69) is 24.0 Å². The Kier molecular flexibility index (Phi) is 5.35. The summed E-state index contributed by atoms with van der Waals surface area (Å²) in [6, 6.07) is 8.00. The minimum absolute atomic E-state index is 0.799. The molecule has 1 nitrogen and oxygen atoms in total. The van der Waals surface area contributed by atoms with Crippen molar-refractivity contribution >= 4 is 11.6 Å². The Balaban J connectivity index is 2.18. The summed E-state index contributed by atoms with van der Waals surface area (Å²) in [5.41, 5.74) is 1.32. The molecule has 14 heavy (non-hydrogen) atoms. The molecule has 0 aliphatic rings. The average molecular weight is 210 g/mol. The van der Waals surface area contributed by atoms with Crippen molar-refractivity contribution in [2.45, 2.75) is 12.8 Å². The average Bonchev–Trinajstić information content (AvgIpc) is 2.21. The summed E-state index contributed by atoms with van der Waals surface area (Å²) in [4.78, 5) is 0. The zero-order valence-electron chi connectivity index (χ0n) is 8.30. The van der Waals surface area contributed by atoms with Crippen molar-refractivity contribution in [1.82, 2.24) is 5.32 Å². The van der Waals surface area contributed by atoms with Gasteiger partial charge in [-0.05, 0) is 43.6 Å². The molecule has 1 aromatic carbocycles. The van der Waals surface area contributed by atoms with Gasteiger partial charge in [0.05, 0.1) is 0 Å². The molecular weight excluding hydrogens is 194 g/mol. The summed E-state index contributed by atoms with van der Waals surface area (Å²) in [6.45, 7) is 5.69. The highest BCUT2D eigenvalue weighted by Crippen LogP contribution is 2.09. The van der Waals surface area contributed by atoms with Crippen LogP contribution in [0.1, 0.15) is 12.0 Å². The fourth-order valence-electron chi connectivity index (χ4n) is 1.21. The molecule has 0 fully saturated rings. The second-order valence-corrected chi connectivity index (χ2v) is 3.64. The van der Waals surface area contributed by atoms with Crippen molar-refractivity contribution in [3.8, 4) is 0 Å². The standard InChI is InChI=1S/C12H16ClN/c1-2-3-9-14-10-8-11-4-6-12(13)7-5-11/h2,4-7,14H,1,3,8-10H2. The van der Waals surface area contributed by atoms with E-state index in [1.165, 1.54) is 5.56 Å². The predicted octanol–water partition coefficient (Wildman–Crippen LogP) is 3.05. The molecule has 1 N–H and O–H groups in total. The van der Waals surface area contributed by atoms with Gasteiger partial charge in [0.15, 0.2) is 0 Å². The SMILES string of the molecule is C=CCCNCCc1ccc(Cl)cc1. The van der Waals surface area contributed by atoms with E-state index in [9.17, 15) is 0 Å². The van der Waals surface area contributed by atoms with Crippen molar-refractivity contribution in [2.24, 2.45) is 0 Å². The third kappa shape index (κ3) is 4.45. The second kappa shape index (κ2) is 6.63. The first kappa shape index (κ1) is 11.3. The van der Waals surface area contributed by atoms with Gasteiger partial charge in [-0.15, -0.1) is 6.58 Å². The van der Waals surface area contributed by atoms with Gasteiger partial charge in [0.2, 0.25) is 0 Å². The lowest BCUT2D eigenvalue weighted by molar-refractivity contribution is 0.689. The van der Waals surface area contributed by atoms with Crippen LogP contribution in [0, 0.1) is 0 Å². The number of nitrogens with one attached hydrogen (secondary N) is 1. The van der Waals surface area contributed by atoms with Crippen LogP contribution in [0.5, 0.6) is 0 Å². The molecular formula is C12H16ClN. The van der Waals surface area contributed by atoms with Crippen molar-refractivity contribution < 1.29 is 0 Å². The van der Waals surface area contributed by atoms with Crippen molar-refractivity contribution in [1.29, 1.82) is 0 Å². The molecule has 0 aliphatic heterocycles. The van der Waals surface area contributed by atoms with Crippen LogP contribution in [0.15, 0.2) is 36.9 Å². The van der Waals surface area contributed by atoms with Gasteiger partial charge in [0.25, 0.3) is 0 Å². The van der Waals surface area contributed by atoms with Gasteiger partial charge >= 0.3 is 0 Å². The van der Waals surface area contributed by atoms with E-state index in [-0.39, 0.29) is 0 Å². The van der Waals surface area contributed by atoms with Crippen LogP contribution in [-0.4, -0.2) is 13.1 Å². The highest BCUT2D eigenvalue weighted by atomic mass is 35.5. The minimum atomic E-state index is 0.799. The van der Waals surface area contributed by atoms with Crippen LogP contribution < -0.4 is 5.32 Å². The van der Waals surface area contributed by atoms with Crippen molar-refractivity contribution in [2.75, 3.05) is 13.1 Å². The summed E-state index contributed by atoms with van der Waals surface area (Å²) < 4.78 is 0. The normalized spacial score (nSPS) is 10.1. The summed E-state index contributed by atoms with van der Waals surface area (Å²) in [6.07, 6.45) is 4.00. The molecule has 76 valence electrons. The molecule has 0 spiro atoms. The highest BCUT2D eigenvalue weighted by Gasteiger charge is 1.92. The first-order valence-corrected chi connectivity index (χ1v) is 5.27. The Hall–Kier alpha value is -0.790. The molecule has 0 radical (unpaired) electrons. The Morgan fingerprint density at radius 3 is 2.57 bits per heavy atom. The zero-order chi connectivity index (χ0) is 10.2. The molecule has 1 rings (SSSR count). The molecule has 2 heteroatoms. The van der Waals surface area contributed by atoms with Crippen LogP contribution in [0.4, 0.5) is 0 Å². The topological polar surface area (TPSA) is 12.0 Å². The second-order valence-electron chi connectivity index (χ2n) is 3.20. The fourth-order valence-corrected chi connectivity index (χ4v) is 1.34. The van der Waals surface area contributed by atoms with Crippen LogP contribution in [0.3, 0.4) is 0 Å². The highest BCUT2D eigenvalue weighted by molar-refractivity contribution is 6.30. The van der Waals surface area contributed by atoms with Gasteiger partial charge in [-0.25, -0.2) is 0 Å². The number of benzene rings is 1. The van der Waals surface area contributed by atoms with E-state index in [0.717, 1.165) is 31.0 Å². The Morgan fingerprint density at radius 2 is 1.93 bits per heavy atom. The Morgan fingerprint density at radius 1 is 1.21 bits per heavy atom. The van der Waals surface area contributed by atoms with E-state index in [0.29, 0.717) is 0 Å². The van der Waals surface area contributed by atoms with Crippen LogP contribution in [0.25, 0.3) is 0 Å². The first-order valence-electron chi connectivity index (χ1n) is 4.89. The maximum atomic E-state index is 5.79. The van der Waals surface area contributed by atoms with E-state index < -0.39 is 0 Å². The molecule has 0 heterocycles. The number of rotatable bonds is 6. The van der Waals surface area contributed by atoms with Gasteiger partial charge in [-0.3, -0.25) is 0 Å². The summed E-state index contributed by atoms with van der Waals surface area (Å²) in [5.74, 6) is 0. The molecule has 0 saturated heterocycles. The van der Waals surface area contributed by atoms with Crippen LogP contribution >= 0.6 is 11.6 Å². The Labute approximate surface area is 90.8 Å². The lowest BCUT2D eigenvalue weighted by Crippen LogP contribution is -2.17. The summed E-state index contributed by atoms with van der Waals surface area (Å²) in [5, 5.41) is 4.14. The number of hydrogen-bond acceptors (Lipinski definition) is 1. The van der Waals surface area contributed by atoms with Gasteiger partial charge in [0, 0.05) is 5.02 Å². The lowest BCUT2D eigenvalue weighted by Gasteiger charge is -2.03. The fraction of sp³-hybridized carbons (Fsp3) is 0.333. The van der Waals surface area contributed by atoms with E-state index in [4.69, 9.17) is 11.6 Å². The van der Waals surface area contributed by atoms with Crippen molar-refractivity contribution in [3.05, 3.63) is 47.5 Å². The zero-order valence-corrected chi connectivity index (χ0v) is 9.06. The van der Waals surface area contributed by atoms with Crippen LogP contribution in [0.2, 0.25) is 5.02 Å². The molecule has 1 aromatic rings. The third-order valence-corrected chi connectivity index (χ3v) is 2.28. The molecule has 0 unspecified atom stereocenters. The quantitative estimate of drug-likeness (QED) is 0.561.